The summed E-state index contributed by atoms with van der Waals surface area (Å²) in [6.07, 6.45) is 3.40. The highest BCUT2D eigenvalue weighted by molar-refractivity contribution is 5.28. The molecule has 0 aromatic heterocycles. The molecule has 1 aromatic carbocycles. The first kappa shape index (κ1) is 10.1. The highest BCUT2D eigenvalue weighted by Gasteiger charge is 1.94. The summed E-state index contributed by atoms with van der Waals surface area (Å²) in [6, 6.07) is 8.38. The zero-order chi connectivity index (χ0) is 9.52. The minimum absolute atomic E-state index is 0.815. The second-order valence-corrected chi connectivity index (χ2v) is 3.25. The predicted octanol–water partition coefficient (Wildman–Crippen LogP) is 3.43. The summed E-state index contributed by atoms with van der Waals surface area (Å²) in [4.78, 5) is 0. The monoisotopic (exact) mass is 178 g/mol. The van der Waals surface area contributed by atoms with Gasteiger partial charge in [-0.25, -0.2) is 0 Å². The molecular formula is C12H18O. The lowest BCUT2D eigenvalue weighted by atomic mass is 10.1. The van der Waals surface area contributed by atoms with Gasteiger partial charge in [-0.05, 0) is 30.5 Å². The first-order valence-electron chi connectivity index (χ1n) is 5.08. The molecule has 1 heteroatoms. The maximum atomic E-state index is 5.54. The molecule has 0 aliphatic rings. The van der Waals surface area contributed by atoms with Gasteiger partial charge < -0.3 is 4.74 Å². The van der Waals surface area contributed by atoms with E-state index in [0.29, 0.717) is 0 Å². The van der Waals surface area contributed by atoms with Crippen LogP contribution in [-0.4, -0.2) is 6.61 Å². The molecule has 0 amide bonds. The number of rotatable bonds is 5. The number of hydrogen-bond acceptors (Lipinski definition) is 1. The van der Waals surface area contributed by atoms with E-state index in [1.165, 1.54) is 12.0 Å². The highest BCUT2D eigenvalue weighted by atomic mass is 16.5. The molecule has 0 saturated carbocycles. The summed E-state index contributed by atoms with van der Waals surface area (Å²) in [5, 5.41) is 0. The summed E-state index contributed by atoms with van der Waals surface area (Å²) in [5.74, 6) is 1.01. The minimum atomic E-state index is 0.815. The van der Waals surface area contributed by atoms with Crippen LogP contribution >= 0.6 is 0 Å². The number of aryl methyl sites for hydroxylation is 1. The van der Waals surface area contributed by atoms with E-state index in [2.05, 4.69) is 32.0 Å². The van der Waals surface area contributed by atoms with Crippen LogP contribution in [0, 0.1) is 0 Å². The van der Waals surface area contributed by atoms with E-state index in [4.69, 9.17) is 4.74 Å². The molecule has 13 heavy (non-hydrogen) atoms. The Morgan fingerprint density at radius 2 is 2.00 bits per heavy atom. The van der Waals surface area contributed by atoms with Crippen LogP contribution in [0.25, 0.3) is 0 Å². The Morgan fingerprint density at radius 3 is 2.69 bits per heavy atom. The van der Waals surface area contributed by atoms with Crippen molar-refractivity contribution in [3.05, 3.63) is 29.8 Å². The average molecular weight is 178 g/mol. The van der Waals surface area contributed by atoms with Crippen LogP contribution < -0.4 is 4.74 Å². The third-order valence-electron chi connectivity index (χ3n) is 1.91. The van der Waals surface area contributed by atoms with Crippen molar-refractivity contribution < 1.29 is 4.74 Å². The van der Waals surface area contributed by atoms with E-state index in [0.717, 1.165) is 25.2 Å². The summed E-state index contributed by atoms with van der Waals surface area (Å²) in [5.41, 5.74) is 1.37. The van der Waals surface area contributed by atoms with E-state index in [9.17, 15) is 0 Å². The van der Waals surface area contributed by atoms with Crippen molar-refractivity contribution in [1.82, 2.24) is 0 Å². The number of hydrogen-bond donors (Lipinski definition) is 0. The van der Waals surface area contributed by atoms with E-state index in [1.54, 1.807) is 0 Å². The van der Waals surface area contributed by atoms with Gasteiger partial charge in [0.2, 0.25) is 0 Å². The van der Waals surface area contributed by atoms with Crippen LogP contribution in [0.4, 0.5) is 0 Å². The quantitative estimate of drug-likeness (QED) is 0.671. The van der Waals surface area contributed by atoms with Crippen molar-refractivity contribution >= 4 is 0 Å². The van der Waals surface area contributed by atoms with E-state index in [-0.39, 0.29) is 0 Å². The van der Waals surface area contributed by atoms with Gasteiger partial charge in [0, 0.05) is 0 Å². The Hall–Kier alpha value is -0.980. The van der Waals surface area contributed by atoms with Gasteiger partial charge in [-0.15, -0.1) is 0 Å². The molecule has 1 aromatic rings. The Morgan fingerprint density at radius 1 is 1.15 bits per heavy atom. The van der Waals surface area contributed by atoms with Gasteiger partial charge in [0.15, 0.2) is 0 Å². The standard InChI is InChI=1S/C12H18O/c1-3-6-11-7-5-8-12(10-11)13-9-4-2/h5,7-8,10H,3-4,6,9H2,1-2H3. The first-order chi connectivity index (χ1) is 6.36. The van der Waals surface area contributed by atoms with Crippen LogP contribution in [0.5, 0.6) is 5.75 Å². The maximum absolute atomic E-state index is 5.54. The van der Waals surface area contributed by atoms with Crippen molar-refractivity contribution in [2.24, 2.45) is 0 Å². The van der Waals surface area contributed by atoms with Crippen molar-refractivity contribution in [1.29, 1.82) is 0 Å². The Labute approximate surface area is 80.7 Å². The van der Waals surface area contributed by atoms with Crippen molar-refractivity contribution in [2.75, 3.05) is 6.61 Å². The first-order valence-corrected chi connectivity index (χ1v) is 5.08. The highest BCUT2D eigenvalue weighted by Crippen LogP contribution is 2.14. The molecule has 1 rings (SSSR count). The van der Waals surface area contributed by atoms with Gasteiger partial charge in [-0.1, -0.05) is 32.4 Å². The van der Waals surface area contributed by atoms with Crippen LogP contribution in [0.3, 0.4) is 0 Å². The van der Waals surface area contributed by atoms with Crippen LogP contribution in [-0.2, 0) is 6.42 Å². The molecule has 0 heterocycles. The molecule has 0 atom stereocenters. The van der Waals surface area contributed by atoms with E-state index >= 15 is 0 Å². The third-order valence-corrected chi connectivity index (χ3v) is 1.91. The van der Waals surface area contributed by atoms with Crippen LogP contribution in [0.15, 0.2) is 24.3 Å². The summed E-state index contributed by atoms with van der Waals surface area (Å²) in [6.45, 7) is 5.13. The normalized spacial score (nSPS) is 10.0. The van der Waals surface area contributed by atoms with Gasteiger partial charge in [-0.3, -0.25) is 0 Å². The molecule has 0 unspecified atom stereocenters. The Kier molecular flexibility index (Phi) is 4.37. The molecule has 0 aliphatic heterocycles. The lowest BCUT2D eigenvalue weighted by molar-refractivity contribution is 0.317. The molecule has 0 spiro atoms. The Balaban J connectivity index is 2.56. The lowest BCUT2D eigenvalue weighted by Crippen LogP contribution is -1.95. The molecule has 0 radical (unpaired) electrons. The summed E-state index contributed by atoms with van der Waals surface area (Å²) in [7, 11) is 0. The molecule has 0 bridgehead atoms. The molecule has 72 valence electrons. The fraction of sp³-hybridized carbons (Fsp3) is 0.500. The zero-order valence-electron chi connectivity index (χ0n) is 8.55. The SMILES string of the molecule is CCCOc1cccc(CCC)c1. The lowest BCUT2D eigenvalue weighted by Gasteiger charge is -2.05. The number of benzene rings is 1. The van der Waals surface area contributed by atoms with Crippen molar-refractivity contribution in [2.45, 2.75) is 33.1 Å². The van der Waals surface area contributed by atoms with E-state index in [1.807, 2.05) is 6.07 Å². The Bertz CT molecular complexity index is 243. The van der Waals surface area contributed by atoms with Gasteiger partial charge in [0.1, 0.15) is 5.75 Å². The third kappa shape index (κ3) is 3.49. The molecular weight excluding hydrogens is 160 g/mol. The van der Waals surface area contributed by atoms with Crippen molar-refractivity contribution in [3.63, 3.8) is 0 Å². The fourth-order valence-corrected chi connectivity index (χ4v) is 1.30. The zero-order valence-corrected chi connectivity index (χ0v) is 8.55. The molecule has 0 N–H and O–H groups in total. The summed E-state index contributed by atoms with van der Waals surface area (Å²) < 4.78 is 5.54. The van der Waals surface area contributed by atoms with Gasteiger partial charge >= 0.3 is 0 Å². The van der Waals surface area contributed by atoms with Gasteiger partial charge in [0.05, 0.1) is 6.61 Å². The van der Waals surface area contributed by atoms with E-state index < -0.39 is 0 Å². The second kappa shape index (κ2) is 5.63. The smallest absolute Gasteiger partial charge is 0.119 e. The minimum Gasteiger partial charge on any atom is -0.494 e. The van der Waals surface area contributed by atoms with Crippen molar-refractivity contribution in [3.8, 4) is 5.75 Å². The largest absolute Gasteiger partial charge is 0.494 e. The molecule has 1 nitrogen and oxygen atoms in total. The van der Waals surface area contributed by atoms with Crippen LogP contribution in [0.1, 0.15) is 32.3 Å². The topological polar surface area (TPSA) is 9.23 Å². The number of ether oxygens (including phenoxy) is 1. The molecule has 0 fully saturated rings. The van der Waals surface area contributed by atoms with Gasteiger partial charge in [-0.2, -0.15) is 0 Å². The second-order valence-electron chi connectivity index (χ2n) is 3.25. The summed E-state index contributed by atoms with van der Waals surface area (Å²) >= 11 is 0. The predicted molar refractivity (Wildman–Crippen MR) is 56.2 cm³/mol. The van der Waals surface area contributed by atoms with Crippen LogP contribution in [0.2, 0.25) is 0 Å². The molecule has 0 saturated heterocycles. The average Bonchev–Trinajstić information content (AvgIpc) is 2.16. The molecule has 0 aliphatic carbocycles. The van der Waals surface area contributed by atoms with Gasteiger partial charge in [0.25, 0.3) is 0 Å². The fourth-order valence-electron chi connectivity index (χ4n) is 1.30. The maximum Gasteiger partial charge on any atom is 0.119 e.